The van der Waals surface area contributed by atoms with Crippen LogP contribution in [0, 0.1) is 11.8 Å². The largest absolute Gasteiger partial charge is 0.396 e. The first-order valence-corrected chi connectivity index (χ1v) is 14.0. The third-order valence-electron chi connectivity index (χ3n) is 7.38. The van der Waals surface area contributed by atoms with E-state index in [1.807, 2.05) is 13.8 Å². The highest BCUT2D eigenvalue weighted by atomic mass is 79.9. The molecule has 0 radical (unpaired) electrons. The molecule has 6 atom stereocenters. The maximum atomic E-state index is 14.1. The first-order chi connectivity index (χ1) is 16.2. The Balaban J connectivity index is 2.02. The highest BCUT2D eigenvalue weighted by Gasteiger charge is 2.75. The van der Waals surface area contributed by atoms with Gasteiger partial charge in [-0.1, -0.05) is 28.1 Å². The number of carbonyl (C=O) groups excluding carboxylic acids is 3. The highest BCUT2D eigenvalue weighted by Crippen LogP contribution is 2.68. The molecule has 2 bridgehead atoms. The van der Waals surface area contributed by atoms with E-state index in [1.54, 1.807) is 45.7 Å². The molecular weight excluding hydrogens is 518 g/mol. The molecule has 7 nitrogen and oxygen atoms in total. The van der Waals surface area contributed by atoms with Gasteiger partial charge in [0.25, 0.3) is 0 Å². The smallest absolute Gasteiger partial charge is 0.247 e. The van der Waals surface area contributed by atoms with Crippen molar-refractivity contribution in [2.75, 3.05) is 33.3 Å². The van der Waals surface area contributed by atoms with Crippen LogP contribution in [-0.4, -0.2) is 97.7 Å². The molecule has 0 aromatic carbocycles. The van der Waals surface area contributed by atoms with E-state index in [4.69, 9.17) is 0 Å². The molecule has 3 aliphatic rings. The van der Waals surface area contributed by atoms with E-state index in [0.717, 1.165) is 6.42 Å². The summed E-state index contributed by atoms with van der Waals surface area (Å²) in [7, 11) is 1.75. The van der Waals surface area contributed by atoms with Crippen LogP contribution in [0.5, 0.6) is 0 Å². The third kappa shape index (κ3) is 4.60. The van der Waals surface area contributed by atoms with E-state index >= 15 is 0 Å². The Labute approximate surface area is 216 Å². The van der Waals surface area contributed by atoms with Crippen molar-refractivity contribution >= 4 is 45.4 Å². The van der Waals surface area contributed by atoms with Gasteiger partial charge in [0.1, 0.15) is 6.04 Å². The van der Waals surface area contributed by atoms with Crippen LogP contribution in [-0.2, 0) is 14.4 Å². The van der Waals surface area contributed by atoms with Crippen molar-refractivity contribution in [1.29, 1.82) is 0 Å². The van der Waals surface area contributed by atoms with Crippen molar-refractivity contribution in [2.45, 2.75) is 66.4 Å². The van der Waals surface area contributed by atoms with Gasteiger partial charge in [-0.05, 0) is 39.5 Å². The summed E-state index contributed by atoms with van der Waals surface area (Å²) in [4.78, 5) is 46.8. The number of unbranched alkanes of at least 4 members (excludes halogenated alkanes) is 2. The summed E-state index contributed by atoms with van der Waals surface area (Å²) in [5.74, 6) is -1.18. The number of rotatable bonds is 12. The number of hydrogen-bond donors (Lipinski definition) is 1. The molecule has 1 N–H and O–H groups in total. The lowest BCUT2D eigenvalue weighted by Crippen LogP contribution is -2.57. The van der Waals surface area contributed by atoms with Crippen LogP contribution in [0.1, 0.15) is 39.5 Å². The molecule has 34 heavy (non-hydrogen) atoms. The van der Waals surface area contributed by atoms with E-state index in [9.17, 15) is 19.5 Å². The molecular formula is C25H38BrN3O4S. The van der Waals surface area contributed by atoms with Crippen molar-refractivity contribution in [1.82, 2.24) is 14.7 Å². The maximum absolute atomic E-state index is 14.1. The van der Waals surface area contributed by atoms with Crippen molar-refractivity contribution in [2.24, 2.45) is 11.8 Å². The Kier molecular flexibility index (Phi) is 8.96. The molecule has 3 heterocycles. The summed E-state index contributed by atoms with van der Waals surface area (Å²) < 4.78 is -0.631. The molecule has 1 spiro atoms. The minimum atomic E-state index is -0.631. The second-order valence-corrected chi connectivity index (χ2v) is 12.6. The van der Waals surface area contributed by atoms with E-state index in [0.29, 0.717) is 38.9 Å². The number of halogens is 1. The first-order valence-electron chi connectivity index (χ1n) is 12.2. The predicted molar refractivity (Wildman–Crippen MR) is 140 cm³/mol. The molecule has 0 aromatic heterocycles. The van der Waals surface area contributed by atoms with E-state index in [1.165, 1.54) is 0 Å². The van der Waals surface area contributed by atoms with Gasteiger partial charge >= 0.3 is 0 Å². The molecule has 0 saturated carbocycles. The van der Waals surface area contributed by atoms with Crippen molar-refractivity contribution in [3.8, 4) is 0 Å². The molecule has 3 saturated heterocycles. The fraction of sp³-hybridized carbons (Fsp3) is 0.720. The Morgan fingerprint density at radius 2 is 1.91 bits per heavy atom. The average molecular weight is 557 g/mol. The summed E-state index contributed by atoms with van der Waals surface area (Å²) >= 11 is 5.47. The molecule has 0 aliphatic carbocycles. The molecule has 190 valence electrons. The summed E-state index contributed by atoms with van der Waals surface area (Å²) in [5, 5.41) is 9.12. The number of fused-ring (bicyclic) bond motifs is 1. The summed E-state index contributed by atoms with van der Waals surface area (Å²) in [6.07, 6.45) is 6.24. The second kappa shape index (κ2) is 11.2. The molecule has 3 fully saturated rings. The molecule has 3 rings (SSSR count). The van der Waals surface area contributed by atoms with Gasteiger partial charge in [-0.25, -0.2) is 0 Å². The number of amides is 3. The van der Waals surface area contributed by atoms with Crippen molar-refractivity contribution < 1.29 is 19.5 Å². The fourth-order valence-corrected chi connectivity index (χ4v) is 9.49. The molecule has 3 unspecified atom stereocenters. The van der Waals surface area contributed by atoms with Gasteiger partial charge < -0.3 is 19.8 Å². The number of alkyl halides is 1. The maximum Gasteiger partial charge on any atom is 0.247 e. The number of carbonyl (C=O) groups is 3. The zero-order valence-corrected chi connectivity index (χ0v) is 22.9. The lowest BCUT2D eigenvalue weighted by atomic mass is 9.70. The minimum Gasteiger partial charge on any atom is -0.396 e. The monoisotopic (exact) mass is 555 g/mol. The second-order valence-electron chi connectivity index (χ2n) is 9.86. The lowest BCUT2D eigenvalue weighted by molar-refractivity contribution is -0.144. The topological polar surface area (TPSA) is 81.2 Å². The van der Waals surface area contributed by atoms with Gasteiger partial charge in [0.05, 0.1) is 16.6 Å². The zero-order chi connectivity index (χ0) is 25.2. The standard InChI is InChI=1S/C25H38BrN3O4S/c1-6-11-27(5)22(31)18-19-23(32)29(13-9-8-10-14-30)21(24(33)28(12-7-2)16(3)4)25(19)15-17(26)20(18)34-25/h6-7,16-21,30H,1-2,8-15H2,3-5H3/t17?,18-,19+,20-,21?,25?/m1/s1. The first kappa shape index (κ1) is 27.3. The van der Waals surface area contributed by atoms with Gasteiger partial charge in [-0.2, -0.15) is 0 Å². The third-order valence-corrected chi connectivity index (χ3v) is 10.6. The molecule has 0 aromatic rings. The Morgan fingerprint density at radius 3 is 2.50 bits per heavy atom. The normalized spacial score (nSPS) is 31.6. The number of aliphatic hydroxyl groups excluding tert-OH is 1. The van der Waals surface area contributed by atoms with E-state index in [-0.39, 0.29) is 40.4 Å². The Hall–Kier alpha value is -1.32. The average Bonchev–Trinajstić information content (AvgIpc) is 3.37. The predicted octanol–water partition coefficient (Wildman–Crippen LogP) is 2.68. The summed E-state index contributed by atoms with van der Waals surface area (Å²) in [6, 6.07) is -0.647. The summed E-state index contributed by atoms with van der Waals surface area (Å²) in [5.41, 5.74) is 0. The van der Waals surface area contributed by atoms with Gasteiger partial charge in [-0.3, -0.25) is 14.4 Å². The lowest BCUT2D eigenvalue weighted by Gasteiger charge is -2.39. The van der Waals surface area contributed by atoms with Crippen LogP contribution in [0.2, 0.25) is 0 Å². The fourth-order valence-electron chi connectivity index (χ4n) is 5.89. The minimum absolute atomic E-state index is 0.0354. The van der Waals surface area contributed by atoms with Gasteiger partial charge in [0, 0.05) is 49.4 Å². The Morgan fingerprint density at radius 1 is 1.24 bits per heavy atom. The zero-order valence-electron chi connectivity index (χ0n) is 20.5. The highest BCUT2D eigenvalue weighted by molar-refractivity contribution is 9.09. The van der Waals surface area contributed by atoms with Crippen molar-refractivity contribution in [3.63, 3.8) is 0 Å². The molecule has 9 heteroatoms. The van der Waals surface area contributed by atoms with Gasteiger partial charge in [-0.15, -0.1) is 24.9 Å². The SMILES string of the molecule is C=CCN(C)C(=O)[C@H]1[C@@H]2SC3(CC2Br)C(C(=O)N(CC=C)C(C)C)N(CCCCCO)C(=O)[C@H]13. The van der Waals surface area contributed by atoms with Crippen molar-refractivity contribution in [3.05, 3.63) is 25.3 Å². The van der Waals surface area contributed by atoms with Crippen LogP contribution < -0.4 is 0 Å². The van der Waals surface area contributed by atoms with Gasteiger partial charge in [0.2, 0.25) is 17.7 Å². The number of nitrogens with zero attached hydrogens (tertiary/aromatic N) is 3. The number of aliphatic hydroxyl groups is 1. The number of hydrogen-bond acceptors (Lipinski definition) is 5. The van der Waals surface area contributed by atoms with Crippen LogP contribution in [0.15, 0.2) is 25.3 Å². The van der Waals surface area contributed by atoms with Crippen LogP contribution in [0.25, 0.3) is 0 Å². The summed E-state index contributed by atoms with van der Waals surface area (Å²) in [6.45, 7) is 12.9. The van der Waals surface area contributed by atoms with E-state index in [2.05, 4.69) is 29.1 Å². The molecule has 3 amide bonds. The quantitative estimate of drug-likeness (QED) is 0.227. The number of likely N-dealkylation sites (N-methyl/N-ethyl adjacent to an activating group) is 1. The molecule has 3 aliphatic heterocycles. The van der Waals surface area contributed by atoms with Crippen LogP contribution >= 0.6 is 27.7 Å². The Bertz CT molecular complexity index is 824. The van der Waals surface area contributed by atoms with Crippen LogP contribution in [0.4, 0.5) is 0 Å². The van der Waals surface area contributed by atoms with Gasteiger partial charge in [0.15, 0.2) is 0 Å². The number of likely N-dealkylation sites (tertiary alicyclic amines) is 1. The number of thioether (sulfide) groups is 1. The van der Waals surface area contributed by atoms with E-state index < -0.39 is 22.6 Å². The van der Waals surface area contributed by atoms with Crippen LogP contribution in [0.3, 0.4) is 0 Å².